The van der Waals surface area contributed by atoms with Crippen molar-refractivity contribution in [2.24, 2.45) is 0 Å². The number of hydrogen-bond acceptors (Lipinski definition) is 5. The van der Waals surface area contributed by atoms with Crippen molar-refractivity contribution < 1.29 is 24.2 Å². The maximum Gasteiger partial charge on any atom is 0.358 e. The lowest BCUT2D eigenvalue weighted by Gasteiger charge is -2.33. The zero-order valence-electron chi connectivity index (χ0n) is 13.3. The maximum absolute atomic E-state index is 13.5. The second-order valence-electron chi connectivity index (χ2n) is 6.03. The number of carboxylic acid groups (broad SMARTS) is 1. The van der Waals surface area contributed by atoms with E-state index in [1.807, 2.05) is 0 Å². The number of likely N-dealkylation sites (tertiary alicyclic amines) is 1. The highest BCUT2D eigenvalue weighted by atomic mass is 19.1. The molecule has 1 aromatic carbocycles. The molecular weight excluding hydrogens is 331 g/mol. The van der Waals surface area contributed by atoms with Crippen molar-refractivity contribution in [1.29, 1.82) is 0 Å². The average Bonchev–Trinajstić information content (AvgIpc) is 3.03. The molecule has 1 fully saturated rings. The summed E-state index contributed by atoms with van der Waals surface area (Å²) < 4.78 is 14.7. The Balaban J connectivity index is 1.67. The van der Waals surface area contributed by atoms with Crippen LogP contribution in [0, 0.1) is 5.82 Å². The third-order valence-electron chi connectivity index (χ3n) is 4.21. The van der Waals surface area contributed by atoms with Gasteiger partial charge in [0.15, 0.2) is 5.69 Å². The number of nitrogens with zero attached hydrogens (tertiary/aromatic N) is 4. The van der Waals surface area contributed by atoms with E-state index >= 15 is 0 Å². The number of piperidine rings is 1. The van der Waals surface area contributed by atoms with Crippen molar-refractivity contribution in [3.8, 4) is 5.75 Å². The number of rotatable bonds is 4. The van der Waals surface area contributed by atoms with E-state index in [1.165, 1.54) is 23.0 Å². The second kappa shape index (κ2) is 6.88. The molecule has 2 aromatic rings. The number of carbonyl (C=O) groups is 2. The first-order chi connectivity index (χ1) is 11.9. The van der Waals surface area contributed by atoms with Crippen LogP contribution in [0.4, 0.5) is 4.39 Å². The van der Waals surface area contributed by atoms with Gasteiger partial charge >= 0.3 is 5.97 Å². The van der Waals surface area contributed by atoms with E-state index in [1.54, 1.807) is 4.90 Å². The average molecular weight is 348 g/mol. The highest BCUT2D eigenvalue weighted by molar-refractivity contribution is 5.84. The Bertz CT molecular complexity index is 787. The quantitative estimate of drug-likeness (QED) is 0.860. The summed E-state index contributed by atoms with van der Waals surface area (Å²) in [5.74, 6) is -2.14. The van der Waals surface area contributed by atoms with Gasteiger partial charge in [-0.05, 0) is 30.5 Å². The van der Waals surface area contributed by atoms with Crippen molar-refractivity contribution in [2.45, 2.75) is 25.3 Å². The first-order valence-electron chi connectivity index (χ1n) is 7.83. The molecule has 132 valence electrons. The summed E-state index contributed by atoms with van der Waals surface area (Å²) in [4.78, 5) is 24.9. The van der Waals surface area contributed by atoms with Crippen molar-refractivity contribution in [3.05, 3.63) is 41.5 Å². The van der Waals surface area contributed by atoms with Gasteiger partial charge in [0, 0.05) is 25.1 Å². The highest BCUT2D eigenvalue weighted by Gasteiger charge is 2.26. The Morgan fingerprint density at radius 1 is 1.32 bits per heavy atom. The van der Waals surface area contributed by atoms with Gasteiger partial charge in [0.05, 0.1) is 6.20 Å². The van der Waals surface area contributed by atoms with Crippen LogP contribution in [0.2, 0.25) is 0 Å². The normalized spacial score (nSPS) is 17.5. The molecule has 3 rings (SSSR count). The van der Waals surface area contributed by atoms with Crippen molar-refractivity contribution in [2.75, 3.05) is 13.1 Å². The first-order valence-corrected chi connectivity index (χ1v) is 7.83. The Hall–Kier alpha value is -2.97. The van der Waals surface area contributed by atoms with E-state index in [4.69, 9.17) is 5.11 Å². The van der Waals surface area contributed by atoms with Gasteiger partial charge < -0.3 is 15.1 Å². The third-order valence-corrected chi connectivity index (χ3v) is 4.21. The number of aromatic carboxylic acids is 1. The van der Waals surface area contributed by atoms with E-state index < -0.39 is 11.8 Å². The van der Waals surface area contributed by atoms with Crippen molar-refractivity contribution >= 4 is 11.9 Å². The second-order valence-corrected chi connectivity index (χ2v) is 6.03. The van der Waals surface area contributed by atoms with E-state index in [0.717, 1.165) is 18.9 Å². The SMILES string of the molecule is O=C(O)c1cn(CC(=O)N2CCCC(c3cc(O)cc(F)c3)C2)nn1. The Labute approximate surface area is 142 Å². The number of aromatic hydroxyl groups is 1. The molecule has 0 spiro atoms. The number of carboxylic acids is 1. The van der Waals surface area contributed by atoms with Gasteiger partial charge in [0.1, 0.15) is 18.1 Å². The lowest BCUT2D eigenvalue weighted by atomic mass is 9.90. The maximum atomic E-state index is 13.5. The minimum absolute atomic E-state index is 0.0652. The van der Waals surface area contributed by atoms with Gasteiger partial charge in [-0.15, -0.1) is 5.10 Å². The summed E-state index contributed by atoms with van der Waals surface area (Å²) in [5, 5.41) is 25.5. The number of phenolic OH excluding ortho intramolecular Hbond substituents is 1. The minimum Gasteiger partial charge on any atom is -0.508 e. The largest absolute Gasteiger partial charge is 0.508 e. The fraction of sp³-hybridized carbons (Fsp3) is 0.375. The van der Waals surface area contributed by atoms with Crippen molar-refractivity contribution in [3.63, 3.8) is 0 Å². The van der Waals surface area contributed by atoms with Crippen LogP contribution in [0.25, 0.3) is 0 Å². The number of hydrogen-bond donors (Lipinski definition) is 2. The van der Waals surface area contributed by atoms with Crippen LogP contribution >= 0.6 is 0 Å². The van der Waals surface area contributed by atoms with Gasteiger partial charge in [-0.3, -0.25) is 4.79 Å². The fourth-order valence-corrected chi connectivity index (χ4v) is 3.02. The molecular formula is C16H17FN4O4. The first kappa shape index (κ1) is 16.9. The number of amides is 1. The topological polar surface area (TPSA) is 109 Å². The molecule has 0 saturated carbocycles. The number of aromatic nitrogens is 3. The van der Waals surface area contributed by atoms with Crippen LogP contribution < -0.4 is 0 Å². The fourth-order valence-electron chi connectivity index (χ4n) is 3.02. The monoisotopic (exact) mass is 348 g/mol. The molecule has 8 nitrogen and oxygen atoms in total. The Morgan fingerprint density at radius 2 is 2.12 bits per heavy atom. The standard InChI is InChI=1S/C16H17FN4O4/c17-12-4-11(5-13(22)6-12)10-2-1-3-20(7-10)15(23)9-21-8-14(16(24)25)18-19-21/h4-6,8,10,22H,1-3,7,9H2,(H,24,25). The van der Waals surface area contributed by atoms with Crippen LogP contribution in [0.15, 0.2) is 24.4 Å². The highest BCUT2D eigenvalue weighted by Crippen LogP contribution is 2.29. The summed E-state index contributed by atoms with van der Waals surface area (Å²) in [7, 11) is 0. The molecule has 1 amide bonds. The van der Waals surface area contributed by atoms with E-state index in [2.05, 4.69) is 10.3 Å². The molecule has 1 aromatic heterocycles. The van der Waals surface area contributed by atoms with Gasteiger partial charge in [0.25, 0.3) is 0 Å². The molecule has 1 aliphatic rings. The van der Waals surface area contributed by atoms with Crippen LogP contribution in [0.3, 0.4) is 0 Å². The Kier molecular flexibility index (Phi) is 4.64. The molecule has 2 heterocycles. The van der Waals surface area contributed by atoms with E-state index in [-0.39, 0.29) is 29.8 Å². The smallest absolute Gasteiger partial charge is 0.358 e. The van der Waals surface area contributed by atoms with Crippen LogP contribution in [-0.4, -0.2) is 55.1 Å². The van der Waals surface area contributed by atoms with E-state index in [0.29, 0.717) is 18.7 Å². The molecule has 1 saturated heterocycles. The Morgan fingerprint density at radius 3 is 2.80 bits per heavy atom. The summed E-state index contributed by atoms with van der Waals surface area (Å²) in [6.07, 6.45) is 2.75. The summed E-state index contributed by atoms with van der Waals surface area (Å²) in [6, 6.07) is 3.92. The molecule has 1 unspecified atom stereocenters. The number of benzene rings is 1. The predicted octanol–water partition coefficient (Wildman–Crippen LogP) is 1.23. The predicted molar refractivity (Wildman–Crippen MR) is 83.6 cm³/mol. The molecule has 2 N–H and O–H groups in total. The van der Waals surface area contributed by atoms with Gasteiger partial charge in [-0.2, -0.15) is 0 Å². The molecule has 0 aliphatic carbocycles. The van der Waals surface area contributed by atoms with Gasteiger partial charge in [0.2, 0.25) is 5.91 Å². The lowest BCUT2D eigenvalue weighted by molar-refractivity contribution is -0.133. The number of halogens is 1. The van der Waals surface area contributed by atoms with Crippen molar-refractivity contribution in [1.82, 2.24) is 19.9 Å². The molecule has 1 atom stereocenters. The molecule has 0 radical (unpaired) electrons. The minimum atomic E-state index is -1.21. The number of carbonyl (C=O) groups excluding carboxylic acids is 1. The molecule has 1 aliphatic heterocycles. The van der Waals surface area contributed by atoms with Crippen LogP contribution in [-0.2, 0) is 11.3 Å². The number of phenols is 1. The van der Waals surface area contributed by atoms with Gasteiger partial charge in [-0.1, -0.05) is 5.21 Å². The van der Waals surface area contributed by atoms with Gasteiger partial charge in [-0.25, -0.2) is 13.9 Å². The third kappa shape index (κ3) is 3.93. The van der Waals surface area contributed by atoms with E-state index in [9.17, 15) is 19.1 Å². The lowest BCUT2D eigenvalue weighted by Crippen LogP contribution is -2.41. The summed E-state index contributed by atoms with van der Waals surface area (Å²) >= 11 is 0. The summed E-state index contributed by atoms with van der Waals surface area (Å²) in [6.45, 7) is 0.862. The zero-order chi connectivity index (χ0) is 18.0. The summed E-state index contributed by atoms with van der Waals surface area (Å²) in [5.41, 5.74) is 0.434. The zero-order valence-corrected chi connectivity index (χ0v) is 13.3. The molecule has 25 heavy (non-hydrogen) atoms. The van der Waals surface area contributed by atoms with Crippen LogP contribution in [0.5, 0.6) is 5.75 Å². The van der Waals surface area contributed by atoms with Crippen LogP contribution in [0.1, 0.15) is 34.8 Å². The molecule has 0 bridgehead atoms. The molecule has 9 heteroatoms.